The van der Waals surface area contributed by atoms with Crippen molar-refractivity contribution in [2.75, 3.05) is 6.61 Å². The summed E-state index contributed by atoms with van der Waals surface area (Å²) in [7, 11) is 0. The molecule has 1 saturated carbocycles. The highest BCUT2D eigenvalue weighted by Crippen LogP contribution is 2.27. The van der Waals surface area contributed by atoms with Crippen molar-refractivity contribution < 1.29 is 5.11 Å². The van der Waals surface area contributed by atoms with Crippen molar-refractivity contribution in [2.24, 2.45) is 5.92 Å². The second-order valence-electron chi connectivity index (χ2n) is 4.99. The Labute approximate surface area is 94.5 Å². The van der Waals surface area contributed by atoms with Crippen LogP contribution in [0.5, 0.6) is 0 Å². The van der Waals surface area contributed by atoms with Crippen LogP contribution in [0.3, 0.4) is 0 Å². The molecule has 1 aliphatic carbocycles. The summed E-state index contributed by atoms with van der Waals surface area (Å²) in [5.41, 5.74) is 0. The molecule has 0 aliphatic heterocycles. The maximum absolute atomic E-state index is 8.79. The maximum Gasteiger partial charge on any atom is 0.0431 e. The highest BCUT2D eigenvalue weighted by Gasteiger charge is 2.24. The first kappa shape index (κ1) is 13.0. The molecule has 90 valence electrons. The van der Waals surface area contributed by atoms with Crippen molar-refractivity contribution in [3.8, 4) is 0 Å². The van der Waals surface area contributed by atoms with Crippen LogP contribution in [0.4, 0.5) is 0 Å². The Morgan fingerprint density at radius 1 is 1.33 bits per heavy atom. The van der Waals surface area contributed by atoms with E-state index in [0.29, 0.717) is 12.6 Å². The molecular weight excluding hydrogens is 186 g/mol. The van der Waals surface area contributed by atoms with Gasteiger partial charge >= 0.3 is 0 Å². The van der Waals surface area contributed by atoms with Crippen LogP contribution in [0, 0.1) is 5.92 Å². The van der Waals surface area contributed by atoms with Crippen LogP contribution in [0.2, 0.25) is 0 Å². The molecule has 0 spiro atoms. The Morgan fingerprint density at radius 3 is 2.73 bits per heavy atom. The molecule has 0 aromatic rings. The van der Waals surface area contributed by atoms with Gasteiger partial charge in [0, 0.05) is 18.7 Å². The molecule has 0 radical (unpaired) electrons. The topological polar surface area (TPSA) is 32.3 Å². The summed E-state index contributed by atoms with van der Waals surface area (Å²) in [5, 5.41) is 12.5. The predicted molar refractivity (Wildman–Crippen MR) is 65.0 cm³/mol. The van der Waals surface area contributed by atoms with E-state index in [1.54, 1.807) is 0 Å². The van der Waals surface area contributed by atoms with Gasteiger partial charge in [-0.3, -0.25) is 0 Å². The van der Waals surface area contributed by atoms with Crippen molar-refractivity contribution in [3.63, 3.8) is 0 Å². The molecule has 3 unspecified atom stereocenters. The monoisotopic (exact) mass is 213 g/mol. The minimum absolute atomic E-state index is 0.327. The van der Waals surface area contributed by atoms with Gasteiger partial charge in [0.05, 0.1) is 0 Å². The van der Waals surface area contributed by atoms with E-state index in [1.165, 1.54) is 32.1 Å². The standard InChI is InChI=1S/C13H27NO/c1-3-12-8-4-5-9-13(12)14-11(2)7-6-10-15/h11-15H,3-10H2,1-2H3. The van der Waals surface area contributed by atoms with E-state index < -0.39 is 0 Å². The van der Waals surface area contributed by atoms with Crippen LogP contribution in [0.15, 0.2) is 0 Å². The van der Waals surface area contributed by atoms with Crippen molar-refractivity contribution >= 4 is 0 Å². The molecule has 2 N–H and O–H groups in total. The first-order valence-electron chi connectivity index (χ1n) is 6.64. The summed E-state index contributed by atoms with van der Waals surface area (Å²) < 4.78 is 0. The summed E-state index contributed by atoms with van der Waals surface area (Å²) in [4.78, 5) is 0. The second-order valence-corrected chi connectivity index (χ2v) is 4.99. The molecule has 0 bridgehead atoms. The fourth-order valence-electron chi connectivity index (χ4n) is 2.76. The van der Waals surface area contributed by atoms with E-state index in [2.05, 4.69) is 19.2 Å². The molecule has 3 atom stereocenters. The van der Waals surface area contributed by atoms with Crippen LogP contribution in [0.1, 0.15) is 58.8 Å². The van der Waals surface area contributed by atoms with Gasteiger partial charge in [-0.05, 0) is 38.5 Å². The first-order valence-corrected chi connectivity index (χ1v) is 6.64. The lowest BCUT2D eigenvalue weighted by atomic mass is 9.82. The Hall–Kier alpha value is -0.0800. The zero-order chi connectivity index (χ0) is 11.1. The van der Waals surface area contributed by atoms with E-state index in [9.17, 15) is 0 Å². The SMILES string of the molecule is CCC1CCCCC1NC(C)CCCO. The third kappa shape index (κ3) is 4.52. The quantitative estimate of drug-likeness (QED) is 0.711. The lowest BCUT2D eigenvalue weighted by Gasteiger charge is -2.34. The number of hydrogen-bond acceptors (Lipinski definition) is 2. The van der Waals surface area contributed by atoms with Gasteiger partial charge < -0.3 is 10.4 Å². The van der Waals surface area contributed by atoms with Gasteiger partial charge in [-0.2, -0.15) is 0 Å². The Bertz CT molecular complexity index is 161. The third-order valence-electron chi connectivity index (χ3n) is 3.73. The largest absolute Gasteiger partial charge is 0.396 e. The molecule has 1 aliphatic rings. The summed E-state index contributed by atoms with van der Waals surface area (Å²) in [6.45, 7) is 4.88. The zero-order valence-corrected chi connectivity index (χ0v) is 10.3. The summed E-state index contributed by atoms with van der Waals surface area (Å²) in [6.07, 6.45) is 8.90. The molecule has 1 rings (SSSR count). The fraction of sp³-hybridized carbons (Fsp3) is 1.00. The minimum Gasteiger partial charge on any atom is -0.396 e. The van der Waals surface area contributed by atoms with Crippen LogP contribution in [-0.4, -0.2) is 23.8 Å². The van der Waals surface area contributed by atoms with E-state index in [0.717, 1.165) is 24.8 Å². The highest BCUT2D eigenvalue weighted by atomic mass is 16.2. The Balaban J connectivity index is 2.27. The average molecular weight is 213 g/mol. The molecule has 0 amide bonds. The summed E-state index contributed by atoms with van der Waals surface area (Å²) >= 11 is 0. The van der Waals surface area contributed by atoms with E-state index in [1.807, 2.05) is 0 Å². The van der Waals surface area contributed by atoms with Crippen molar-refractivity contribution in [1.82, 2.24) is 5.32 Å². The lowest BCUT2D eigenvalue weighted by molar-refractivity contribution is 0.226. The Morgan fingerprint density at radius 2 is 2.07 bits per heavy atom. The maximum atomic E-state index is 8.79. The first-order chi connectivity index (χ1) is 7.27. The summed E-state index contributed by atoms with van der Waals surface area (Å²) in [6, 6.07) is 1.30. The van der Waals surface area contributed by atoms with Crippen LogP contribution in [0.25, 0.3) is 0 Å². The molecule has 0 heterocycles. The van der Waals surface area contributed by atoms with Gasteiger partial charge in [-0.1, -0.05) is 26.2 Å². The molecule has 0 saturated heterocycles. The molecule has 15 heavy (non-hydrogen) atoms. The summed E-state index contributed by atoms with van der Waals surface area (Å²) in [5.74, 6) is 0.885. The van der Waals surface area contributed by atoms with Gasteiger partial charge in [-0.15, -0.1) is 0 Å². The van der Waals surface area contributed by atoms with Crippen molar-refractivity contribution in [2.45, 2.75) is 70.9 Å². The molecule has 0 aromatic carbocycles. The number of aliphatic hydroxyl groups is 1. The fourth-order valence-corrected chi connectivity index (χ4v) is 2.76. The van der Waals surface area contributed by atoms with Gasteiger partial charge in [0.15, 0.2) is 0 Å². The Kier molecular flexibility index (Phi) is 6.26. The number of hydrogen-bond donors (Lipinski definition) is 2. The zero-order valence-electron chi connectivity index (χ0n) is 10.3. The van der Waals surface area contributed by atoms with E-state index in [4.69, 9.17) is 5.11 Å². The molecular formula is C13H27NO. The van der Waals surface area contributed by atoms with E-state index >= 15 is 0 Å². The molecule has 2 heteroatoms. The van der Waals surface area contributed by atoms with Crippen molar-refractivity contribution in [1.29, 1.82) is 0 Å². The average Bonchev–Trinajstić information content (AvgIpc) is 2.27. The number of nitrogens with one attached hydrogen (secondary N) is 1. The second kappa shape index (κ2) is 7.24. The minimum atomic E-state index is 0.327. The third-order valence-corrected chi connectivity index (χ3v) is 3.73. The lowest BCUT2D eigenvalue weighted by Crippen LogP contribution is -2.43. The van der Waals surface area contributed by atoms with Gasteiger partial charge in [0.2, 0.25) is 0 Å². The number of aliphatic hydroxyl groups excluding tert-OH is 1. The number of rotatable bonds is 6. The highest BCUT2D eigenvalue weighted by molar-refractivity contribution is 4.82. The van der Waals surface area contributed by atoms with Crippen LogP contribution in [-0.2, 0) is 0 Å². The smallest absolute Gasteiger partial charge is 0.0431 e. The molecule has 0 aromatic heterocycles. The normalized spacial score (nSPS) is 29.0. The van der Waals surface area contributed by atoms with Crippen molar-refractivity contribution in [3.05, 3.63) is 0 Å². The van der Waals surface area contributed by atoms with Crippen LogP contribution < -0.4 is 5.32 Å². The van der Waals surface area contributed by atoms with Crippen LogP contribution >= 0.6 is 0 Å². The van der Waals surface area contributed by atoms with E-state index in [-0.39, 0.29) is 0 Å². The van der Waals surface area contributed by atoms with Gasteiger partial charge in [0.1, 0.15) is 0 Å². The molecule has 1 fully saturated rings. The van der Waals surface area contributed by atoms with Gasteiger partial charge in [-0.25, -0.2) is 0 Å². The predicted octanol–water partition coefficient (Wildman–Crippen LogP) is 2.71. The molecule has 2 nitrogen and oxygen atoms in total. The van der Waals surface area contributed by atoms with Gasteiger partial charge in [0.25, 0.3) is 0 Å².